The summed E-state index contributed by atoms with van der Waals surface area (Å²) in [6, 6.07) is 13.6. The molecule has 0 atom stereocenters. The molecule has 0 saturated carbocycles. The second-order valence-electron chi connectivity index (χ2n) is 7.68. The van der Waals surface area contributed by atoms with Gasteiger partial charge in [0.25, 0.3) is 0 Å². The molecule has 140 valence electrons. The van der Waals surface area contributed by atoms with E-state index in [9.17, 15) is 4.39 Å². The summed E-state index contributed by atoms with van der Waals surface area (Å²) in [4.78, 5) is 3.97. The first-order chi connectivity index (χ1) is 12.7. The first-order valence-electron chi connectivity index (χ1n) is 8.85. The number of halogens is 2. The van der Waals surface area contributed by atoms with Gasteiger partial charge in [-0.05, 0) is 42.3 Å². The molecule has 2 heterocycles. The molecule has 0 aliphatic rings. The van der Waals surface area contributed by atoms with Gasteiger partial charge in [-0.1, -0.05) is 60.7 Å². The highest BCUT2D eigenvalue weighted by Gasteiger charge is 2.15. The van der Waals surface area contributed by atoms with E-state index >= 15 is 0 Å². The zero-order valence-electron chi connectivity index (χ0n) is 16.0. The second kappa shape index (κ2) is 7.78. The van der Waals surface area contributed by atoms with Crippen LogP contribution < -0.4 is 5.19 Å². The van der Waals surface area contributed by atoms with Gasteiger partial charge >= 0.3 is 0 Å². The maximum Gasteiger partial charge on any atom is 0.151 e. The highest BCUT2D eigenvalue weighted by molar-refractivity contribution is 6.88. The zero-order chi connectivity index (χ0) is 19.6. The summed E-state index contributed by atoms with van der Waals surface area (Å²) in [5, 5.41) is 6.20. The Kier molecular flexibility index (Phi) is 5.63. The smallest absolute Gasteiger partial charge is 0.151 e. The molecule has 0 aliphatic carbocycles. The Morgan fingerprint density at radius 1 is 1.15 bits per heavy atom. The van der Waals surface area contributed by atoms with E-state index in [1.165, 1.54) is 11.3 Å². The highest BCUT2D eigenvalue weighted by atomic mass is 35.5. The summed E-state index contributed by atoms with van der Waals surface area (Å²) < 4.78 is 16.5. The minimum absolute atomic E-state index is 0.335. The number of rotatable bonds is 5. The van der Waals surface area contributed by atoms with Crippen molar-refractivity contribution in [2.24, 2.45) is 0 Å². The van der Waals surface area contributed by atoms with Gasteiger partial charge in [-0.3, -0.25) is 4.68 Å². The Labute approximate surface area is 165 Å². The van der Waals surface area contributed by atoms with E-state index in [1.807, 2.05) is 25.1 Å². The molecule has 0 N–H and O–H groups in total. The number of hydrogen-bond acceptors (Lipinski definition) is 2. The number of aryl methyl sites for hydroxylation is 1. The van der Waals surface area contributed by atoms with Gasteiger partial charge < -0.3 is 0 Å². The predicted octanol–water partition coefficient (Wildman–Crippen LogP) is 5.30. The Hall–Kier alpha value is -2.24. The van der Waals surface area contributed by atoms with Gasteiger partial charge in [0, 0.05) is 11.9 Å². The minimum atomic E-state index is -1.35. The molecule has 0 unspecified atom stereocenters. The van der Waals surface area contributed by atoms with Crippen molar-refractivity contribution in [3.8, 4) is 0 Å². The summed E-state index contributed by atoms with van der Waals surface area (Å²) in [6.07, 6.45) is 3.19. The summed E-state index contributed by atoms with van der Waals surface area (Å²) in [6.45, 7) is 9.32. The first-order valence-corrected chi connectivity index (χ1v) is 12.7. The van der Waals surface area contributed by atoms with E-state index in [0.717, 1.165) is 16.8 Å². The van der Waals surface area contributed by atoms with E-state index < -0.39 is 8.07 Å². The van der Waals surface area contributed by atoms with Crippen molar-refractivity contribution in [2.75, 3.05) is 0 Å². The Morgan fingerprint density at radius 2 is 1.85 bits per heavy atom. The van der Waals surface area contributed by atoms with Gasteiger partial charge in [-0.2, -0.15) is 5.10 Å². The van der Waals surface area contributed by atoms with Gasteiger partial charge in [0.15, 0.2) is 5.83 Å². The van der Waals surface area contributed by atoms with Crippen LogP contribution in [0, 0.1) is 6.92 Å². The minimum Gasteiger partial charge on any atom is -0.265 e. The first kappa shape index (κ1) is 19.5. The number of benzene rings is 1. The maximum atomic E-state index is 14.7. The van der Waals surface area contributed by atoms with Gasteiger partial charge in [-0.15, -0.1) is 0 Å². The van der Waals surface area contributed by atoms with Crippen LogP contribution in [0.1, 0.15) is 22.5 Å². The third-order valence-corrected chi connectivity index (χ3v) is 6.69. The largest absolute Gasteiger partial charge is 0.265 e. The fraction of sp³-hybridized carbons (Fsp3) is 0.238. The molecule has 3 rings (SSSR count). The molecule has 1 aromatic carbocycles. The number of aromatic nitrogens is 3. The predicted molar refractivity (Wildman–Crippen MR) is 114 cm³/mol. The lowest BCUT2D eigenvalue weighted by Crippen LogP contribution is -2.37. The molecule has 0 bridgehead atoms. The summed E-state index contributed by atoms with van der Waals surface area (Å²) in [7, 11) is -1.35. The van der Waals surface area contributed by atoms with Gasteiger partial charge in [-0.25, -0.2) is 9.37 Å². The molecule has 0 spiro atoms. The molecular weight excluding hydrogens is 377 g/mol. The molecule has 0 saturated heterocycles. The molecule has 2 aromatic heterocycles. The van der Waals surface area contributed by atoms with Crippen molar-refractivity contribution in [1.82, 2.24) is 14.8 Å². The van der Waals surface area contributed by atoms with Gasteiger partial charge in [0.1, 0.15) is 10.8 Å². The quantitative estimate of drug-likeness (QED) is 0.430. The zero-order valence-corrected chi connectivity index (χ0v) is 17.8. The summed E-state index contributed by atoms with van der Waals surface area (Å²) in [5.74, 6) is -0.342. The fourth-order valence-electron chi connectivity index (χ4n) is 2.80. The van der Waals surface area contributed by atoms with Crippen LogP contribution in [0.4, 0.5) is 4.39 Å². The van der Waals surface area contributed by atoms with Crippen molar-refractivity contribution in [2.45, 2.75) is 33.1 Å². The van der Waals surface area contributed by atoms with E-state index in [2.05, 4.69) is 41.9 Å². The Morgan fingerprint density at radius 3 is 2.48 bits per heavy atom. The maximum absolute atomic E-state index is 14.7. The van der Waals surface area contributed by atoms with Crippen LogP contribution in [0.3, 0.4) is 0 Å². The molecule has 0 radical (unpaired) electrons. The van der Waals surface area contributed by atoms with Crippen LogP contribution in [0.5, 0.6) is 0 Å². The topological polar surface area (TPSA) is 30.7 Å². The highest BCUT2D eigenvalue weighted by Crippen LogP contribution is 2.20. The average Bonchev–Trinajstić information content (AvgIpc) is 2.95. The molecule has 3 nitrogen and oxygen atoms in total. The van der Waals surface area contributed by atoms with Crippen LogP contribution in [-0.2, 0) is 6.54 Å². The second-order valence-corrected chi connectivity index (χ2v) is 13.1. The van der Waals surface area contributed by atoms with E-state index in [0.29, 0.717) is 17.4 Å². The lowest BCUT2D eigenvalue weighted by Gasteiger charge is -2.16. The molecule has 0 fully saturated rings. The van der Waals surface area contributed by atoms with Crippen molar-refractivity contribution >= 4 is 36.8 Å². The van der Waals surface area contributed by atoms with Crippen LogP contribution in [0.25, 0.3) is 11.9 Å². The van der Waals surface area contributed by atoms with Gasteiger partial charge in [0.05, 0.1) is 14.6 Å². The Bertz CT molecular complexity index is 972. The summed E-state index contributed by atoms with van der Waals surface area (Å²) >= 11 is 5.93. The van der Waals surface area contributed by atoms with E-state index in [-0.39, 0.29) is 5.83 Å². The summed E-state index contributed by atoms with van der Waals surface area (Å²) in [5.41, 5.74) is 3.03. The number of hydrogen-bond donors (Lipinski definition) is 0. The standard InChI is InChI=1S/C21H23ClFN3Si/c1-15-11-20(25-26(15)14-17-9-10-24-21(22)13-17)19(23)12-16-5-7-18(8-6-16)27(2,3)4/h5-13H,14H2,1-4H3. The Balaban J connectivity index is 1.81. The number of pyridine rings is 1. The normalized spacial score (nSPS) is 12.4. The van der Waals surface area contributed by atoms with Crippen LogP contribution >= 0.6 is 11.6 Å². The molecular formula is C21H23ClFN3Si. The van der Waals surface area contributed by atoms with Crippen LogP contribution in [0.15, 0.2) is 48.7 Å². The molecule has 27 heavy (non-hydrogen) atoms. The molecule has 0 amide bonds. The van der Waals surface area contributed by atoms with E-state index in [1.54, 1.807) is 23.0 Å². The van der Waals surface area contributed by atoms with Crippen molar-refractivity contribution in [3.05, 3.63) is 76.3 Å². The van der Waals surface area contributed by atoms with Gasteiger partial charge in [0.2, 0.25) is 0 Å². The number of nitrogens with zero attached hydrogens (tertiary/aromatic N) is 3. The monoisotopic (exact) mass is 399 g/mol. The van der Waals surface area contributed by atoms with Crippen LogP contribution in [0.2, 0.25) is 24.8 Å². The lowest BCUT2D eigenvalue weighted by molar-refractivity contribution is 0.653. The third-order valence-electron chi connectivity index (χ3n) is 4.42. The molecule has 6 heteroatoms. The fourth-order valence-corrected chi connectivity index (χ4v) is 4.16. The van der Waals surface area contributed by atoms with Crippen molar-refractivity contribution < 1.29 is 4.39 Å². The van der Waals surface area contributed by atoms with E-state index in [4.69, 9.17) is 11.6 Å². The SMILES string of the molecule is Cc1cc(C(F)=Cc2ccc([Si](C)(C)C)cc2)nn1Cc1ccnc(Cl)c1. The van der Waals surface area contributed by atoms with Crippen molar-refractivity contribution in [1.29, 1.82) is 0 Å². The van der Waals surface area contributed by atoms with Crippen molar-refractivity contribution in [3.63, 3.8) is 0 Å². The lowest BCUT2D eigenvalue weighted by atomic mass is 10.2. The van der Waals surface area contributed by atoms with Crippen LogP contribution in [-0.4, -0.2) is 22.8 Å². The average molecular weight is 400 g/mol. The molecule has 0 aliphatic heterocycles. The third kappa shape index (κ3) is 4.93. The molecule has 3 aromatic rings.